The van der Waals surface area contributed by atoms with E-state index in [1.165, 1.54) is 11.8 Å². The molecule has 0 aliphatic rings. The molecule has 0 spiro atoms. The highest BCUT2D eigenvalue weighted by atomic mass is 32.2. The van der Waals surface area contributed by atoms with E-state index in [1.807, 2.05) is 6.92 Å². The second-order valence-electron chi connectivity index (χ2n) is 1.05. The molecular weight excluding hydrogens is 110 g/mol. The number of thioether (sulfide) groups is 1. The van der Waals surface area contributed by atoms with Gasteiger partial charge in [-0.05, 0) is 12.7 Å². The average Bonchev–Trinajstić information content (AvgIpc) is 1.68. The Bertz CT molecular complexity index is 72.1. The Labute approximate surface area is 47.6 Å². The van der Waals surface area contributed by atoms with Crippen LogP contribution in [-0.4, -0.2) is 16.0 Å². The molecule has 2 nitrogen and oxygen atoms in total. The summed E-state index contributed by atoms with van der Waals surface area (Å²) in [5.74, 6) is 0.968. The molecule has 0 aliphatic heterocycles. The van der Waals surface area contributed by atoms with Crippen LogP contribution in [0.2, 0.25) is 0 Å². The van der Waals surface area contributed by atoms with Crippen molar-refractivity contribution in [2.75, 3.05) is 5.75 Å². The van der Waals surface area contributed by atoms with E-state index >= 15 is 0 Å². The highest BCUT2D eigenvalue weighted by molar-refractivity contribution is 8.13. The molecule has 7 heavy (non-hydrogen) atoms. The molecule has 0 unspecified atom stereocenters. The summed E-state index contributed by atoms with van der Waals surface area (Å²) in [6, 6.07) is 0. The molecule has 0 aromatic heterocycles. The van der Waals surface area contributed by atoms with Crippen molar-refractivity contribution < 1.29 is 5.21 Å². The monoisotopic (exact) mass is 119 g/mol. The van der Waals surface area contributed by atoms with Gasteiger partial charge in [0.2, 0.25) is 0 Å². The number of oxime groups is 1. The Morgan fingerprint density at radius 3 is 2.57 bits per heavy atom. The summed E-state index contributed by atoms with van der Waals surface area (Å²) in [5.41, 5.74) is 0. The van der Waals surface area contributed by atoms with Crippen molar-refractivity contribution in [3.63, 3.8) is 0 Å². The summed E-state index contributed by atoms with van der Waals surface area (Å²) in [5, 5.41) is 11.7. The highest BCUT2D eigenvalue weighted by Crippen LogP contribution is 1.99. The lowest BCUT2D eigenvalue weighted by atomic mass is 10.9. The standard InChI is InChI=1S/C4H9NOS/c1-3-7-4(2)5-6/h6H,3H2,1-2H3. The molecule has 0 aromatic rings. The van der Waals surface area contributed by atoms with E-state index in [4.69, 9.17) is 5.21 Å². The first-order valence-corrected chi connectivity index (χ1v) is 3.11. The Hall–Kier alpha value is -0.180. The first-order valence-electron chi connectivity index (χ1n) is 2.12. The Morgan fingerprint density at radius 2 is 2.43 bits per heavy atom. The molecule has 0 aliphatic carbocycles. The van der Waals surface area contributed by atoms with Gasteiger partial charge in [0.05, 0.1) is 0 Å². The van der Waals surface area contributed by atoms with Gasteiger partial charge in [-0.3, -0.25) is 0 Å². The summed E-state index contributed by atoms with van der Waals surface area (Å²) in [7, 11) is 0. The maximum Gasteiger partial charge on any atom is 0.109 e. The molecule has 0 amide bonds. The van der Waals surface area contributed by atoms with Gasteiger partial charge < -0.3 is 5.21 Å². The lowest BCUT2D eigenvalue weighted by molar-refractivity contribution is 0.320. The molecule has 0 atom stereocenters. The van der Waals surface area contributed by atoms with E-state index in [2.05, 4.69) is 5.16 Å². The summed E-state index contributed by atoms with van der Waals surface area (Å²) >= 11 is 1.53. The minimum atomic E-state index is 0.725. The second kappa shape index (κ2) is 3.99. The zero-order chi connectivity index (χ0) is 5.70. The Balaban J connectivity index is 3.17. The Morgan fingerprint density at radius 1 is 1.86 bits per heavy atom. The molecule has 0 saturated heterocycles. The van der Waals surface area contributed by atoms with E-state index in [0.717, 1.165) is 10.8 Å². The molecule has 0 bridgehead atoms. The predicted octanol–water partition coefficient (Wildman–Crippen LogP) is 1.55. The fraction of sp³-hybridized carbons (Fsp3) is 0.750. The van der Waals surface area contributed by atoms with E-state index in [-0.39, 0.29) is 0 Å². The quantitative estimate of drug-likeness (QED) is 0.246. The third-order valence-electron chi connectivity index (χ3n) is 0.494. The van der Waals surface area contributed by atoms with Crippen LogP contribution in [0.25, 0.3) is 0 Å². The fourth-order valence-electron chi connectivity index (χ4n) is 0.238. The molecule has 0 fully saturated rings. The van der Waals surface area contributed by atoms with E-state index < -0.39 is 0 Å². The second-order valence-corrected chi connectivity index (χ2v) is 2.51. The smallest absolute Gasteiger partial charge is 0.109 e. The van der Waals surface area contributed by atoms with Gasteiger partial charge in [-0.2, -0.15) is 0 Å². The van der Waals surface area contributed by atoms with Crippen molar-refractivity contribution in [3.05, 3.63) is 0 Å². The van der Waals surface area contributed by atoms with Crippen LogP contribution in [0.1, 0.15) is 13.8 Å². The number of nitrogens with zero attached hydrogens (tertiary/aromatic N) is 1. The molecular formula is C4H9NOS. The molecule has 1 N–H and O–H groups in total. The van der Waals surface area contributed by atoms with Crippen LogP contribution < -0.4 is 0 Å². The molecule has 0 saturated carbocycles. The van der Waals surface area contributed by atoms with Crippen LogP contribution in [0.5, 0.6) is 0 Å². The van der Waals surface area contributed by atoms with E-state index in [1.54, 1.807) is 6.92 Å². The lowest BCUT2D eigenvalue weighted by Crippen LogP contribution is -1.81. The molecule has 0 rings (SSSR count). The number of hydrogen-bond acceptors (Lipinski definition) is 3. The van der Waals surface area contributed by atoms with Gasteiger partial charge in [0.1, 0.15) is 5.04 Å². The van der Waals surface area contributed by atoms with Crippen LogP contribution in [0.3, 0.4) is 0 Å². The van der Waals surface area contributed by atoms with Crippen molar-refractivity contribution >= 4 is 16.8 Å². The summed E-state index contributed by atoms with van der Waals surface area (Å²) in [6.45, 7) is 3.79. The SMILES string of the molecule is CCSC(C)=NO. The van der Waals surface area contributed by atoms with Gasteiger partial charge in [-0.15, -0.1) is 11.8 Å². The van der Waals surface area contributed by atoms with Gasteiger partial charge in [-0.25, -0.2) is 0 Å². The third kappa shape index (κ3) is 3.66. The van der Waals surface area contributed by atoms with Gasteiger partial charge >= 0.3 is 0 Å². The van der Waals surface area contributed by atoms with Crippen LogP contribution in [-0.2, 0) is 0 Å². The summed E-state index contributed by atoms with van der Waals surface area (Å²) in [4.78, 5) is 0. The van der Waals surface area contributed by atoms with Gasteiger partial charge in [0.25, 0.3) is 0 Å². The molecule has 42 valence electrons. The van der Waals surface area contributed by atoms with E-state index in [0.29, 0.717) is 0 Å². The zero-order valence-electron chi connectivity index (χ0n) is 4.51. The topological polar surface area (TPSA) is 32.6 Å². The van der Waals surface area contributed by atoms with E-state index in [9.17, 15) is 0 Å². The molecule has 0 aromatic carbocycles. The van der Waals surface area contributed by atoms with Crippen LogP contribution in [0, 0.1) is 0 Å². The number of rotatable bonds is 1. The van der Waals surface area contributed by atoms with Gasteiger partial charge in [0, 0.05) is 0 Å². The zero-order valence-corrected chi connectivity index (χ0v) is 5.33. The van der Waals surface area contributed by atoms with Crippen LogP contribution in [0.4, 0.5) is 0 Å². The lowest BCUT2D eigenvalue weighted by Gasteiger charge is -1.87. The van der Waals surface area contributed by atoms with Crippen LogP contribution >= 0.6 is 11.8 Å². The first-order chi connectivity index (χ1) is 3.31. The van der Waals surface area contributed by atoms with Crippen molar-refractivity contribution in [1.29, 1.82) is 0 Å². The van der Waals surface area contributed by atoms with Crippen molar-refractivity contribution in [3.8, 4) is 0 Å². The maximum absolute atomic E-state index is 8.03. The molecule has 0 radical (unpaired) electrons. The molecule has 0 heterocycles. The van der Waals surface area contributed by atoms with Crippen molar-refractivity contribution in [2.24, 2.45) is 5.16 Å². The van der Waals surface area contributed by atoms with Crippen molar-refractivity contribution in [1.82, 2.24) is 0 Å². The van der Waals surface area contributed by atoms with Crippen molar-refractivity contribution in [2.45, 2.75) is 13.8 Å². The maximum atomic E-state index is 8.03. The highest BCUT2D eigenvalue weighted by Gasteiger charge is 1.84. The van der Waals surface area contributed by atoms with Crippen LogP contribution in [0.15, 0.2) is 5.16 Å². The third-order valence-corrected chi connectivity index (χ3v) is 1.28. The summed E-state index contributed by atoms with van der Waals surface area (Å²) in [6.07, 6.45) is 0. The largest absolute Gasteiger partial charge is 0.410 e. The number of hydrogen-bond donors (Lipinski definition) is 1. The molecule has 3 heteroatoms. The average molecular weight is 119 g/mol. The Kier molecular flexibility index (Phi) is 3.89. The van der Waals surface area contributed by atoms with Gasteiger partial charge in [0.15, 0.2) is 0 Å². The predicted molar refractivity (Wildman–Crippen MR) is 33.0 cm³/mol. The van der Waals surface area contributed by atoms with Gasteiger partial charge in [-0.1, -0.05) is 12.1 Å². The minimum Gasteiger partial charge on any atom is -0.410 e. The fourth-order valence-corrected chi connectivity index (χ4v) is 0.713. The summed E-state index contributed by atoms with van der Waals surface area (Å²) < 4.78 is 0. The first kappa shape index (κ1) is 6.82. The normalized spacial score (nSPS) is 12.0. The minimum absolute atomic E-state index is 0.725.